The Bertz CT molecular complexity index is 463. The van der Waals surface area contributed by atoms with Gasteiger partial charge in [0.1, 0.15) is 0 Å². The third-order valence-corrected chi connectivity index (χ3v) is 4.26. The van der Waals surface area contributed by atoms with E-state index in [1.54, 1.807) is 13.3 Å². The molecule has 1 aromatic heterocycles. The minimum absolute atomic E-state index is 0.177. The number of methoxy groups -OCH3 is 1. The van der Waals surface area contributed by atoms with Crippen molar-refractivity contribution in [2.45, 2.75) is 32.1 Å². The lowest BCUT2D eigenvalue weighted by atomic mass is 10.2. The van der Waals surface area contributed by atoms with Crippen LogP contribution in [0.2, 0.25) is 0 Å². The lowest BCUT2D eigenvalue weighted by Crippen LogP contribution is -2.43. The fourth-order valence-corrected chi connectivity index (χ4v) is 1.76. The molecule has 0 radical (unpaired) electrons. The third-order valence-electron chi connectivity index (χ3n) is 3.01. The van der Waals surface area contributed by atoms with Gasteiger partial charge in [-0.1, -0.05) is 0 Å². The third kappa shape index (κ3) is 6.71. The Kier molecular flexibility index (Phi) is 7.36. The van der Waals surface area contributed by atoms with Crippen LogP contribution in [-0.2, 0) is 6.54 Å². The molecule has 1 heterocycles. The van der Waals surface area contributed by atoms with E-state index in [1.165, 1.54) is 0 Å². The van der Waals surface area contributed by atoms with E-state index in [9.17, 15) is 0 Å². The summed E-state index contributed by atoms with van der Waals surface area (Å²) in [6, 6.07) is 3.85. The van der Waals surface area contributed by atoms with E-state index in [4.69, 9.17) is 4.74 Å². The summed E-state index contributed by atoms with van der Waals surface area (Å²) in [5.74, 6) is 1.44. The molecule has 0 aliphatic rings. The number of hydrogen-bond acceptors (Lipinski definition) is 4. The maximum Gasteiger partial charge on any atom is 0.213 e. The highest BCUT2D eigenvalue weighted by molar-refractivity contribution is 7.99. The number of rotatable bonds is 7. The maximum absolute atomic E-state index is 5.12. The fourth-order valence-electron chi connectivity index (χ4n) is 1.54. The van der Waals surface area contributed by atoms with E-state index in [0.29, 0.717) is 12.4 Å². The van der Waals surface area contributed by atoms with Crippen molar-refractivity contribution in [2.24, 2.45) is 4.99 Å². The normalized spacial score (nSPS) is 12.1. The van der Waals surface area contributed by atoms with Gasteiger partial charge in [0, 0.05) is 30.1 Å². The number of ether oxygens (including phenoxy) is 1. The van der Waals surface area contributed by atoms with Crippen molar-refractivity contribution >= 4 is 17.7 Å². The zero-order chi connectivity index (χ0) is 15.7. The van der Waals surface area contributed by atoms with Crippen molar-refractivity contribution in [1.82, 2.24) is 15.6 Å². The molecule has 0 fully saturated rings. The van der Waals surface area contributed by atoms with E-state index < -0.39 is 0 Å². The van der Waals surface area contributed by atoms with Crippen molar-refractivity contribution in [3.05, 3.63) is 23.9 Å². The zero-order valence-corrected chi connectivity index (χ0v) is 14.4. The topological polar surface area (TPSA) is 58.5 Å². The van der Waals surface area contributed by atoms with Crippen LogP contribution in [0, 0.1) is 0 Å². The molecule has 21 heavy (non-hydrogen) atoms. The van der Waals surface area contributed by atoms with Crippen LogP contribution in [0.5, 0.6) is 5.88 Å². The van der Waals surface area contributed by atoms with Gasteiger partial charge in [-0.15, -0.1) is 0 Å². The number of pyridine rings is 1. The van der Waals surface area contributed by atoms with E-state index in [1.807, 2.05) is 23.9 Å². The first-order chi connectivity index (χ1) is 10.0. The number of aromatic nitrogens is 1. The summed E-state index contributed by atoms with van der Waals surface area (Å²) < 4.78 is 5.30. The van der Waals surface area contributed by atoms with E-state index in [0.717, 1.165) is 24.6 Å². The Balaban J connectivity index is 2.66. The van der Waals surface area contributed by atoms with Crippen LogP contribution < -0.4 is 15.4 Å². The van der Waals surface area contributed by atoms with Gasteiger partial charge < -0.3 is 15.4 Å². The summed E-state index contributed by atoms with van der Waals surface area (Å²) in [5, 5.41) is 6.64. The summed E-state index contributed by atoms with van der Waals surface area (Å²) in [4.78, 5) is 8.69. The molecule has 6 heteroatoms. The van der Waals surface area contributed by atoms with E-state index in [2.05, 4.69) is 47.6 Å². The average Bonchev–Trinajstić information content (AvgIpc) is 2.50. The van der Waals surface area contributed by atoms with Crippen molar-refractivity contribution in [2.75, 3.05) is 26.5 Å². The molecule has 0 spiro atoms. The number of aliphatic imine (C=N–C) groups is 1. The first kappa shape index (κ1) is 17.6. The number of nitrogens with one attached hydrogen (secondary N) is 2. The first-order valence-electron chi connectivity index (χ1n) is 7.07. The molecule has 0 unspecified atom stereocenters. The van der Waals surface area contributed by atoms with Crippen LogP contribution in [0.1, 0.15) is 26.3 Å². The minimum atomic E-state index is 0.177. The molecule has 0 saturated carbocycles. The molecular weight excluding hydrogens is 284 g/mol. The van der Waals surface area contributed by atoms with Crippen molar-refractivity contribution in [3.8, 4) is 5.88 Å². The van der Waals surface area contributed by atoms with Crippen LogP contribution in [-0.4, -0.2) is 42.1 Å². The monoisotopic (exact) mass is 310 g/mol. The smallest absolute Gasteiger partial charge is 0.213 e. The molecule has 0 amide bonds. The van der Waals surface area contributed by atoms with Crippen molar-refractivity contribution < 1.29 is 4.74 Å². The van der Waals surface area contributed by atoms with Gasteiger partial charge in [-0.3, -0.25) is 0 Å². The lowest BCUT2D eigenvalue weighted by molar-refractivity contribution is 0.397. The van der Waals surface area contributed by atoms with Gasteiger partial charge in [-0.2, -0.15) is 11.8 Å². The van der Waals surface area contributed by atoms with Crippen LogP contribution >= 0.6 is 11.8 Å². The van der Waals surface area contributed by atoms with Gasteiger partial charge in [-0.05, 0) is 38.7 Å². The molecule has 0 aromatic carbocycles. The highest BCUT2D eigenvalue weighted by Gasteiger charge is 2.15. The molecule has 0 atom stereocenters. The molecule has 2 N–H and O–H groups in total. The summed E-state index contributed by atoms with van der Waals surface area (Å²) in [7, 11) is 1.62. The summed E-state index contributed by atoms with van der Waals surface area (Å²) in [5.41, 5.74) is 1.07. The molecule has 0 saturated heterocycles. The fraction of sp³-hybridized carbons (Fsp3) is 0.600. The molecule has 1 rings (SSSR count). The summed E-state index contributed by atoms with van der Waals surface area (Å²) in [6.45, 7) is 8.77. The molecule has 1 aromatic rings. The highest BCUT2D eigenvalue weighted by Crippen LogP contribution is 2.19. The van der Waals surface area contributed by atoms with Gasteiger partial charge >= 0.3 is 0 Å². The molecule has 118 valence electrons. The van der Waals surface area contributed by atoms with Crippen LogP contribution in [0.25, 0.3) is 0 Å². The van der Waals surface area contributed by atoms with Gasteiger partial charge in [0.25, 0.3) is 0 Å². The van der Waals surface area contributed by atoms with Crippen LogP contribution in [0.15, 0.2) is 23.3 Å². The number of nitrogens with zero attached hydrogens (tertiary/aromatic N) is 2. The highest BCUT2D eigenvalue weighted by atomic mass is 32.2. The maximum atomic E-state index is 5.12. The van der Waals surface area contributed by atoms with Crippen molar-refractivity contribution in [3.63, 3.8) is 0 Å². The van der Waals surface area contributed by atoms with Gasteiger partial charge in [0.05, 0.1) is 13.7 Å². The molecule has 5 nitrogen and oxygen atoms in total. The lowest BCUT2D eigenvalue weighted by Gasteiger charge is -2.23. The zero-order valence-electron chi connectivity index (χ0n) is 13.6. The van der Waals surface area contributed by atoms with Gasteiger partial charge in [0.2, 0.25) is 5.88 Å². The van der Waals surface area contributed by atoms with Crippen LogP contribution in [0.3, 0.4) is 0 Å². The standard InChI is InChI=1S/C15H26N4OS/c1-6-16-14(19-11-15(2,3)21-5)18-10-12-7-8-17-13(9-12)20-4/h7-9H,6,10-11H2,1-5H3,(H2,16,18,19). The van der Waals surface area contributed by atoms with Crippen molar-refractivity contribution in [1.29, 1.82) is 0 Å². The average molecular weight is 310 g/mol. The van der Waals surface area contributed by atoms with E-state index >= 15 is 0 Å². The Morgan fingerprint density at radius 1 is 1.43 bits per heavy atom. The second kappa shape index (κ2) is 8.77. The first-order valence-corrected chi connectivity index (χ1v) is 8.29. The second-order valence-corrected chi connectivity index (χ2v) is 6.73. The van der Waals surface area contributed by atoms with E-state index in [-0.39, 0.29) is 4.75 Å². The van der Waals surface area contributed by atoms with Crippen LogP contribution in [0.4, 0.5) is 0 Å². The Labute approximate surface area is 132 Å². The molecule has 0 bridgehead atoms. The number of thioether (sulfide) groups is 1. The largest absolute Gasteiger partial charge is 0.481 e. The summed E-state index contributed by atoms with van der Waals surface area (Å²) >= 11 is 1.84. The van der Waals surface area contributed by atoms with Gasteiger partial charge in [-0.25, -0.2) is 9.98 Å². The number of hydrogen-bond donors (Lipinski definition) is 2. The predicted octanol–water partition coefficient (Wildman–Crippen LogP) is 2.29. The quantitative estimate of drug-likeness (QED) is 0.598. The molecular formula is C15H26N4OS. The second-order valence-electron chi connectivity index (χ2n) is 5.22. The summed E-state index contributed by atoms with van der Waals surface area (Å²) in [6.07, 6.45) is 3.86. The predicted molar refractivity (Wildman–Crippen MR) is 91.2 cm³/mol. The Morgan fingerprint density at radius 2 is 2.19 bits per heavy atom. The Hall–Kier alpha value is -1.43. The molecule has 0 aliphatic carbocycles. The Morgan fingerprint density at radius 3 is 2.81 bits per heavy atom. The molecule has 0 aliphatic heterocycles. The number of guanidine groups is 1. The SMILES string of the molecule is CCNC(=NCc1ccnc(OC)c1)NCC(C)(C)SC. The van der Waals surface area contributed by atoms with Gasteiger partial charge in [0.15, 0.2) is 5.96 Å². The minimum Gasteiger partial charge on any atom is -0.481 e.